The van der Waals surface area contributed by atoms with E-state index in [1.165, 1.54) is 0 Å². The predicted octanol–water partition coefficient (Wildman–Crippen LogP) is 6.03. The van der Waals surface area contributed by atoms with Gasteiger partial charge in [0.25, 0.3) is 5.91 Å². The van der Waals surface area contributed by atoms with Crippen molar-refractivity contribution >= 4 is 40.0 Å². The lowest BCUT2D eigenvalue weighted by atomic mass is 10.1. The van der Waals surface area contributed by atoms with Crippen molar-refractivity contribution in [3.63, 3.8) is 0 Å². The smallest absolute Gasteiger partial charge is 0.252 e. The molecule has 30 heavy (non-hydrogen) atoms. The molecule has 4 nitrogen and oxygen atoms in total. The Kier molecular flexibility index (Phi) is 6.26. The van der Waals surface area contributed by atoms with Crippen LogP contribution in [0, 0.1) is 0 Å². The average Bonchev–Trinajstić information content (AvgIpc) is 3.15. The maximum Gasteiger partial charge on any atom is 0.252 e. The van der Waals surface area contributed by atoms with Gasteiger partial charge in [-0.25, -0.2) is 0 Å². The summed E-state index contributed by atoms with van der Waals surface area (Å²) in [6.07, 6.45) is 2.66. The van der Waals surface area contributed by atoms with Crippen LogP contribution in [0.4, 0.5) is 0 Å². The lowest BCUT2D eigenvalue weighted by molar-refractivity contribution is 0.0954. The van der Waals surface area contributed by atoms with Crippen LogP contribution in [-0.4, -0.2) is 17.4 Å². The van der Waals surface area contributed by atoms with Crippen molar-refractivity contribution in [1.82, 2.24) is 10.3 Å². The van der Waals surface area contributed by atoms with Crippen LogP contribution in [0.3, 0.4) is 0 Å². The number of hydrogen-bond acceptors (Lipinski definition) is 2. The van der Waals surface area contributed by atoms with Crippen LogP contribution in [-0.2, 0) is 13.0 Å². The van der Waals surface area contributed by atoms with Crippen LogP contribution in [0.1, 0.15) is 21.5 Å². The number of nitrogens with one attached hydrogen (secondary N) is 2. The fraction of sp³-hybridized carbons (Fsp3) is 0.125. The van der Waals surface area contributed by atoms with Crippen LogP contribution in [0.15, 0.2) is 72.9 Å². The monoisotopic (exact) mass is 438 g/mol. The van der Waals surface area contributed by atoms with Crippen LogP contribution >= 0.6 is 23.2 Å². The first-order valence-electron chi connectivity index (χ1n) is 9.60. The van der Waals surface area contributed by atoms with E-state index in [2.05, 4.69) is 10.3 Å². The van der Waals surface area contributed by atoms with E-state index in [0.29, 0.717) is 35.2 Å². The second kappa shape index (κ2) is 9.24. The normalized spacial score (nSPS) is 10.9. The zero-order chi connectivity index (χ0) is 20.9. The van der Waals surface area contributed by atoms with Crippen molar-refractivity contribution < 1.29 is 9.53 Å². The van der Waals surface area contributed by atoms with Gasteiger partial charge in [0.1, 0.15) is 12.4 Å². The third-order valence-corrected chi connectivity index (χ3v) is 5.39. The predicted molar refractivity (Wildman–Crippen MR) is 122 cm³/mol. The van der Waals surface area contributed by atoms with E-state index in [-0.39, 0.29) is 5.91 Å². The lowest BCUT2D eigenvalue weighted by Gasteiger charge is -2.08. The Balaban J connectivity index is 1.36. The summed E-state index contributed by atoms with van der Waals surface area (Å²) in [4.78, 5) is 15.6. The van der Waals surface area contributed by atoms with Gasteiger partial charge in [0.2, 0.25) is 0 Å². The molecule has 0 radical (unpaired) electrons. The minimum Gasteiger partial charge on any atom is -0.489 e. The molecule has 0 spiro atoms. The molecular weight excluding hydrogens is 419 g/mol. The molecule has 0 aliphatic rings. The Hall–Kier alpha value is -2.95. The van der Waals surface area contributed by atoms with E-state index in [1.807, 2.05) is 54.7 Å². The van der Waals surface area contributed by atoms with Gasteiger partial charge in [0, 0.05) is 34.7 Å². The van der Waals surface area contributed by atoms with E-state index in [9.17, 15) is 4.79 Å². The van der Waals surface area contributed by atoms with Gasteiger partial charge in [0.15, 0.2) is 0 Å². The number of H-pyrrole nitrogens is 1. The topological polar surface area (TPSA) is 54.1 Å². The zero-order valence-corrected chi connectivity index (χ0v) is 17.6. The Morgan fingerprint density at radius 2 is 1.83 bits per heavy atom. The number of hydrogen-bond donors (Lipinski definition) is 2. The van der Waals surface area contributed by atoms with Crippen molar-refractivity contribution in [2.75, 3.05) is 6.54 Å². The van der Waals surface area contributed by atoms with Gasteiger partial charge < -0.3 is 15.0 Å². The second-order valence-corrected chi connectivity index (χ2v) is 7.77. The van der Waals surface area contributed by atoms with E-state index >= 15 is 0 Å². The molecule has 0 saturated heterocycles. The van der Waals surface area contributed by atoms with Gasteiger partial charge in [-0.1, -0.05) is 53.5 Å². The molecule has 1 aromatic heterocycles. The highest BCUT2D eigenvalue weighted by molar-refractivity contribution is 6.36. The molecule has 6 heteroatoms. The Morgan fingerprint density at radius 1 is 1.00 bits per heavy atom. The maximum absolute atomic E-state index is 12.3. The number of halogens is 2. The second-order valence-electron chi connectivity index (χ2n) is 6.93. The first-order chi connectivity index (χ1) is 14.6. The summed E-state index contributed by atoms with van der Waals surface area (Å²) < 4.78 is 5.89. The molecule has 0 saturated carbocycles. The third-order valence-electron chi connectivity index (χ3n) is 4.84. The van der Waals surface area contributed by atoms with Crippen LogP contribution < -0.4 is 10.1 Å². The molecule has 1 amide bonds. The van der Waals surface area contributed by atoms with Crippen molar-refractivity contribution in [3.05, 3.63) is 99.7 Å². The van der Waals surface area contributed by atoms with E-state index in [0.717, 1.165) is 27.8 Å². The van der Waals surface area contributed by atoms with Crippen molar-refractivity contribution in [1.29, 1.82) is 0 Å². The first kappa shape index (κ1) is 20.3. The number of rotatable bonds is 7. The number of carbonyl (C=O) groups is 1. The Labute approximate surface area is 184 Å². The molecule has 1 heterocycles. The molecule has 4 rings (SSSR count). The summed E-state index contributed by atoms with van der Waals surface area (Å²) in [7, 11) is 0. The van der Waals surface area contributed by atoms with Gasteiger partial charge >= 0.3 is 0 Å². The Bertz CT molecular complexity index is 1170. The fourth-order valence-corrected chi connectivity index (χ4v) is 3.78. The number of benzene rings is 3. The molecule has 0 atom stereocenters. The summed E-state index contributed by atoms with van der Waals surface area (Å²) >= 11 is 12.0. The van der Waals surface area contributed by atoms with Crippen LogP contribution in [0.2, 0.25) is 10.0 Å². The summed E-state index contributed by atoms with van der Waals surface area (Å²) in [6.45, 7) is 1.02. The van der Waals surface area contributed by atoms with Crippen LogP contribution in [0.5, 0.6) is 5.75 Å². The average molecular weight is 439 g/mol. The first-order valence-corrected chi connectivity index (χ1v) is 10.4. The number of ether oxygens (including phenoxy) is 1. The molecular formula is C24H20Cl2N2O2. The number of amides is 1. The van der Waals surface area contributed by atoms with Crippen molar-refractivity contribution in [2.45, 2.75) is 13.0 Å². The Morgan fingerprint density at radius 3 is 2.63 bits per heavy atom. The quantitative estimate of drug-likeness (QED) is 0.370. The highest BCUT2D eigenvalue weighted by atomic mass is 35.5. The number of carbonyl (C=O) groups excluding carboxylic acids is 1. The standard InChI is InChI=1S/C24H20Cl2N2O2/c25-18-6-8-21(22(26)12-18)24(29)27-11-10-17-14-28-23-13-19(7-9-20(17)23)30-15-16-4-2-1-3-5-16/h1-9,12-14,28H,10-11,15H2,(H,27,29). The van der Waals surface area contributed by atoms with Gasteiger partial charge in [-0.15, -0.1) is 0 Å². The molecule has 3 aromatic carbocycles. The molecule has 0 unspecified atom stereocenters. The molecule has 4 aromatic rings. The molecule has 152 valence electrons. The van der Waals surface area contributed by atoms with Crippen molar-refractivity contribution in [3.8, 4) is 5.75 Å². The molecule has 0 bridgehead atoms. The minimum atomic E-state index is -0.215. The summed E-state index contributed by atoms with van der Waals surface area (Å²) in [5, 5.41) is 4.86. The van der Waals surface area contributed by atoms with Crippen LogP contribution in [0.25, 0.3) is 10.9 Å². The SMILES string of the molecule is O=C(NCCc1c[nH]c2cc(OCc3ccccc3)ccc12)c1ccc(Cl)cc1Cl. The maximum atomic E-state index is 12.3. The van der Waals surface area contributed by atoms with Gasteiger partial charge in [-0.05, 0) is 47.9 Å². The molecule has 0 aliphatic carbocycles. The highest BCUT2D eigenvalue weighted by Gasteiger charge is 2.11. The molecule has 2 N–H and O–H groups in total. The summed E-state index contributed by atoms with van der Waals surface area (Å²) in [6, 6.07) is 20.9. The van der Waals surface area contributed by atoms with Crippen molar-refractivity contribution in [2.24, 2.45) is 0 Å². The minimum absolute atomic E-state index is 0.215. The number of aromatic amines is 1. The summed E-state index contributed by atoms with van der Waals surface area (Å²) in [5.74, 6) is 0.596. The van der Waals surface area contributed by atoms with E-state index < -0.39 is 0 Å². The lowest BCUT2D eigenvalue weighted by Crippen LogP contribution is -2.25. The summed E-state index contributed by atoms with van der Waals surface area (Å²) in [5.41, 5.74) is 3.67. The number of fused-ring (bicyclic) bond motifs is 1. The number of aromatic nitrogens is 1. The van der Waals surface area contributed by atoms with E-state index in [1.54, 1.807) is 18.2 Å². The van der Waals surface area contributed by atoms with Gasteiger partial charge in [-0.3, -0.25) is 4.79 Å². The fourth-order valence-electron chi connectivity index (χ4n) is 3.28. The van der Waals surface area contributed by atoms with Gasteiger partial charge in [-0.2, -0.15) is 0 Å². The largest absolute Gasteiger partial charge is 0.489 e. The zero-order valence-electron chi connectivity index (χ0n) is 16.1. The van der Waals surface area contributed by atoms with Gasteiger partial charge in [0.05, 0.1) is 10.6 Å². The third kappa shape index (κ3) is 4.78. The van der Waals surface area contributed by atoms with E-state index in [4.69, 9.17) is 27.9 Å². The highest BCUT2D eigenvalue weighted by Crippen LogP contribution is 2.25. The molecule has 0 fully saturated rings. The molecule has 0 aliphatic heterocycles.